The number of benzene rings is 2. The van der Waals surface area contributed by atoms with Gasteiger partial charge < -0.3 is 24.0 Å². The third kappa shape index (κ3) is 8.11. The molecule has 0 aromatic heterocycles. The molecule has 1 heterocycles. The van der Waals surface area contributed by atoms with Crippen molar-refractivity contribution in [2.24, 2.45) is 0 Å². The van der Waals surface area contributed by atoms with Gasteiger partial charge in [-0.25, -0.2) is 9.59 Å². The van der Waals surface area contributed by atoms with Gasteiger partial charge in [-0.3, -0.25) is 0 Å². The molecule has 2 amide bonds. The summed E-state index contributed by atoms with van der Waals surface area (Å²) in [5, 5.41) is 0. The van der Waals surface area contributed by atoms with E-state index in [2.05, 4.69) is 0 Å². The molecule has 0 bridgehead atoms. The van der Waals surface area contributed by atoms with E-state index < -0.39 is 17.8 Å². The van der Waals surface area contributed by atoms with Crippen LogP contribution in [-0.4, -0.2) is 66.9 Å². The SMILES string of the molecule is CCOC(=O)[C@H](Cc1ccc(OCC[C@H]2CN(Cc3ccc(C(F)(F)F)cc3)C(=O)N2C)cc1)OC(C)C. The molecule has 1 aliphatic heterocycles. The molecule has 1 fully saturated rings. The van der Waals surface area contributed by atoms with Crippen LogP contribution in [0.2, 0.25) is 0 Å². The highest BCUT2D eigenvalue weighted by atomic mass is 19.4. The predicted octanol–water partition coefficient (Wildman–Crippen LogP) is 5.31. The third-order valence-corrected chi connectivity index (χ3v) is 6.26. The largest absolute Gasteiger partial charge is 0.494 e. The molecule has 38 heavy (non-hydrogen) atoms. The van der Waals surface area contributed by atoms with Gasteiger partial charge in [-0.05, 0) is 56.2 Å². The van der Waals surface area contributed by atoms with E-state index in [1.54, 1.807) is 23.8 Å². The Hall–Kier alpha value is -3.27. The molecule has 10 heteroatoms. The fourth-order valence-electron chi connectivity index (χ4n) is 4.27. The molecule has 0 radical (unpaired) electrons. The van der Waals surface area contributed by atoms with E-state index >= 15 is 0 Å². The van der Waals surface area contributed by atoms with Crippen molar-refractivity contribution >= 4 is 12.0 Å². The second-order valence-corrected chi connectivity index (χ2v) is 9.53. The highest BCUT2D eigenvalue weighted by Gasteiger charge is 2.35. The molecule has 208 valence electrons. The molecule has 0 aliphatic carbocycles. The standard InChI is InChI=1S/C28H35F3N2O5/c1-5-36-26(34)25(38-19(2)3)16-20-8-12-24(13-9-20)37-15-14-23-18-33(27(35)32(23)4)17-21-6-10-22(11-7-21)28(29,30)31/h6-13,19,23,25H,5,14-18H2,1-4H3/t23-,25-/m0/s1. The smallest absolute Gasteiger partial charge is 0.416 e. The number of likely N-dealkylation sites (N-methyl/N-ethyl adjacent to an activating group) is 1. The molecule has 1 aliphatic rings. The fraction of sp³-hybridized carbons (Fsp3) is 0.500. The van der Waals surface area contributed by atoms with Gasteiger partial charge >= 0.3 is 18.2 Å². The van der Waals surface area contributed by atoms with Crippen molar-refractivity contribution in [1.82, 2.24) is 9.80 Å². The van der Waals surface area contributed by atoms with Gasteiger partial charge in [0.25, 0.3) is 0 Å². The van der Waals surface area contributed by atoms with Crippen molar-refractivity contribution in [3.05, 3.63) is 65.2 Å². The van der Waals surface area contributed by atoms with Crippen molar-refractivity contribution in [3.63, 3.8) is 0 Å². The van der Waals surface area contributed by atoms with Gasteiger partial charge in [-0.2, -0.15) is 13.2 Å². The zero-order valence-electron chi connectivity index (χ0n) is 22.2. The van der Waals surface area contributed by atoms with Crippen LogP contribution in [-0.2, 0) is 33.4 Å². The minimum atomic E-state index is -4.39. The summed E-state index contributed by atoms with van der Waals surface area (Å²) in [4.78, 5) is 28.1. The predicted molar refractivity (Wildman–Crippen MR) is 136 cm³/mol. The van der Waals surface area contributed by atoms with Crippen LogP contribution in [0, 0.1) is 0 Å². The second kappa shape index (κ2) is 13.0. The lowest BCUT2D eigenvalue weighted by atomic mass is 10.1. The number of amides is 2. The maximum atomic E-state index is 12.8. The van der Waals surface area contributed by atoms with E-state index in [0.29, 0.717) is 37.3 Å². The maximum absolute atomic E-state index is 12.8. The van der Waals surface area contributed by atoms with Crippen LogP contribution in [0.4, 0.5) is 18.0 Å². The van der Waals surface area contributed by atoms with Gasteiger partial charge in [0.15, 0.2) is 6.10 Å². The lowest BCUT2D eigenvalue weighted by Crippen LogP contribution is -2.31. The second-order valence-electron chi connectivity index (χ2n) is 9.53. The number of alkyl halides is 3. The van der Waals surface area contributed by atoms with E-state index in [1.807, 2.05) is 38.1 Å². The van der Waals surface area contributed by atoms with E-state index in [-0.39, 0.29) is 37.3 Å². The zero-order valence-corrected chi connectivity index (χ0v) is 22.2. The topological polar surface area (TPSA) is 68.3 Å². The Morgan fingerprint density at radius 3 is 2.26 bits per heavy atom. The molecular formula is C28H35F3N2O5. The summed E-state index contributed by atoms with van der Waals surface area (Å²) >= 11 is 0. The number of halogens is 3. The van der Waals surface area contributed by atoms with Gasteiger partial charge in [0.1, 0.15) is 5.75 Å². The molecule has 2 aromatic rings. The first-order chi connectivity index (χ1) is 18.0. The lowest BCUT2D eigenvalue weighted by molar-refractivity contribution is -0.159. The molecule has 0 N–H and O–H groups in total. The molecular weight excluding hydrogens is 501 g/mol. The number of carbonyl (C=O) groups excluding carboxylic acids is 2. The Morgan fingerprint density at radius 1 is 1.05 bits per heavy atom. The summed E-state index contributed by atoms with van der Waals surface area (Å²) in [5.74, 6) is 0.281. The highest BCUT2D eigenvalue weighted by Crippen LogP contribution is 2.29. The Morgan fingerprint density at radius 2 is 1.68 bits per heavy atom. The fourth-order valence-corrected chi connectivity index (χ4v) is 4.27. The highest BCUT2D eigenvalue weighted by molar-refractivity contribution is 5.77. The van der Waals surface area contributed by atoms with Crippen molar-refractivity contribution in [2.45, 2.75) is 64.6 Å². The first-order valence-corrected chi connectivity index (χ1v) is 12.7. The Kier molecular flexibility index (Phi) is 10.0. The number of hydrogen-bond acceptors (Lipinski definition) is 5. The quantitative estimate of drug-likeness (QED) is 0.344. The van der Waals surface area contributed by atoms with Gasteiger partial charge in [0, 0.05) is 33.0 Å². The van der Waals surface area contributed by atoms with E-state index in [9.17, 15) is 22.8 Å². The molecule has 1 saturated heterocycles. The number of esters is 1. The third-order valence-electron chi connectivity index (χ3n) is 6.26. The Labute approximate surface area is 221 Å². The zero-order chi connectivity index (χ0) is 27.9. The van der Waals surface area contributed by atoms with Crippen molar-refractivity contribution in [1.29, 1.82) is 0 Å². The van der Waals surface area contributed by atoms with Gasteiger partial charge in [-0.15, -0.1) is 0 Å². The van der Waals surface area contributed by atoms with Gasteiger partial charge in [0.2, 0.25) is 0 Å². The Bertz CT molecular complexity index is 1060. The number of carbonyl (C=O) groups is 2. The summed E-state index contributed by atoms with van der Waals surface area (Å²) in [6, 6.07) is 12.0. The van der Waals surface area contributed by atoms with Crippen molar-refractivity contribution in [2.75, 3.05) is 26.8 Å². The van der Waals surface area contributed by atoms with Crippen LogP contribution in [0.1, 0.15) is 43.9 Å². The van der Waals surface area contributed by atoms with Crippen LogP contribution in [0.25, 0.3) is 0 Å². The van der Waals surface area contributed by atoms with E-state index in [4.69, 9.17) is 14.2 Å². The molecule has 2 aromatic carbocycles. The van der Waals surface area contributed by atoms with Gasteiger partial charge in [0.05, 0.1) is 30.9 Å². The summed E-state index contributed by atoms with van der Waals surface area (Å²) < 4.78 is 55.1. The summed E-state index contributed by atoms with van der Waals surface area (Å²) in [6.07, 6.45) is -4.19. The van der Waals surface area contributed by atoms with Crippen LogP contribution in [0.15, 0.2) is 48.5 Å². The summed E-state index contributed by atoms with van der Waals surface area (Å²) in [6.45, 7) is 6.87. The average Bonchev–Trinajstić information content (AvgIpc) is 3.12. The minimum absolute atomic E-state index is 0.0743. The maximum Gasteiger partial charge on any atom is 0.416 e. The first-order valence-electron chi connectivity index (χ1n) is 12.7. The van der Waals surface area contributed by atoms with Gasteiger partial charge in [-0.1, -0.05) is 24.3 Å². The number of nitrogens with zero attached hydrogens (tertiary/aromatic N) is 2. The van der Waals surface area contributed by atoms with Crippen LogP contribution >= 0.6 is 0 Å². The molecule has 0 spiro atoms. The average molecular weight is 537 g/mol. The number of ether oxygens (including phenoxy) is 3. The number of urea groups is 1. The first kappa shape index (κ1) is 29.3. The molecule has 3 rings (SSSR count). The molecule has 2 atom stereocenters. The van der Waals surface area contributed by atoms with Crippen LogP contribution in [0.5, 0.6) is 5.75 Å². The van der Waals surface area contributed by atoms with Crippen LogP contribution in [0.3, 0.4) is 0 Å². The van der Waals surface area contributed by atoms with Crippen molar-refractivity contribution in [3.8, 4) is 5.75 Å². The Balaban J connectivity index is 1.48. The normalized spacial score (nSPS) is 16.7. The molecule has 0 saturated carbocycles. The monoisotopic (exact) mass is 536 g/mol. The summed E-state index contributed by atoms with van der Waals surface area (Å²) in [5.41, 5.74) is 0.841. The lowest BCUT2D eigenvalue weighted by Gasteiger charge is -2.19. The summed E-state index contributed by atoms with van der Waals surface area (Å²) in [7, 11) is 1.72. The molecule has 0 unspecified atom stereocenters. The molecule has 7 nitrogen and oxygen atoms in total. The van der Waals surface area contributed by atoms with E-state index in [1.165, 1.54) is 12.1 Å². The van der Waals surface area contributed by atoms with Crippen LogP contribution < -0.4 is 4.74 Å². The van der Waals surface area contributed by atoms with Crippen molar-refractivity contribution < 1.29 is 37.0 Å². The van der Waals surface area contributed by atoms with E-state index in [0.717, 1.165) is 17.7 Å². The minimum Gasteiger partial charge on any atom is -0.494 e. The number of rotatable bonds is 12. The number of hydrogen-bond donors (Lipinski definition) is 0.